The second-order valence-corrected chi connectivity index (χ2v) is 12.6. The van der Waals surface area contributed by atoms with Gasteiger partial charge in [-0.3, -0.25) is 0 Å². The average Bonchev–Trinajstić information content (AvgIpc) is 3.37. The van der Waals surface area contributed by atoms with Crippen LogP contribution in [0.25, 0.3) is 0 Å². The van der Waals surface area contributed by atoms with E-state index in [1.54, 1.807) is 0 Å². The van der Waals surface area contributed by atoms with Crippen molar-refractivity contribution in [2.75, 3.05) is 9.04 Å². The molecule has 0 radical (unpaired) electrons. The SMILES string of the molecule is [O-][NH+](OCI1CC1O[NH+]([O-])c1ccc2c(c1)[NH+]([O-])O[NH+]2[O-])c1ccc2c(c1)[NH+]([O-])O[NH+]2[O-]. The van der Waals surface area contributed by atoms with Crippen LogP contribution in [0.4, 0.5) is 34.1 Å². The molecule has 1 saturated heterocycles. The van der Waals surface area contributed by atoms with Gasteiger partial charge in [-0.15, -0.1) is 0 Å². The van der Waals surface area contributed by atoms with E-state index in [-0.39, 0.29) is 42.8 Å². The molecular formula is C15H17IN6O10. The number of rotatable bonds is 7. The fourth-order valence-electron chi connectivity index (χ4n) is 3.14. The molecule has 3 aliphatic heterocycles. The Balaban J connectivity index is 1.13. The molecule has 1 fully saturated rings. The summed E-state index contributed by atoms with van der Waals surface area (Å²) in [7, 11) is 0. The molecule has 7 unspecified atom stereocenters. The fraction of sp³-hybridized carbons (Fsp3) is 0.200. The minimum absolute atomic E-state index is 0.0152. The number of quaternary nitrogens is 6. The van der Waals surface area contributed by atoms with E-state index in [4.69, 9.17) is 9.68 Å². The van der Waals surface area contributed by atoms with Gasteiger partial charge in [0.2, 0.25) is 0 Å². The van der Waals surface area contributed by atoms with Crippen molar-refractivity contribution in [3.63, 3.8) is 0 Å². The number of hydrogen-bond donors (Lipinski definition) is 6. The number of hydrogen-bond acceptors (Lipinski definition) is 10. The molecule has 7 atom stereocenters. The average molecular weight is 568 g/mol. The predicted octanol–water partition coefficient (Wildman–Crippen LogP) is -5.14. The van der Waals surface area contributed by atoms with E-state index in [2.05, 4.69) is 9.88 Å². The van der Waals surface area contributed by atoms with Gasteiger partial charge in [0, 0.05) is 0 Å². The molecule has 2 aromatic rings. The van der Waals surface area contributed by atoms with Crippen molar-refractivity contribution in [1.82, 2.24) is 0 Å². The zero-order chi connectivity index (χ0) is 22.6. The van der Waals surface area contributed by atoms with Crippen LogP contribution in [0.2, 0.25) is 0 Å². The fourth-order valence-corrected chi connectivity index (χ4v) is 7.53. The molecule has 0 aliphatic carbocycles. The van der Waals surface area contributed by atoms with Crippen LogP contribution >= 0.6 is 19.8 Å². The maximum atomic E-state index is 12.3. The standard InChI is InChI=1S/C15H17IN6O10/c23-17(9-1-3-11-13(5-9)21(27)31-19(11)25)29-8-16-7-15(16)30-18(24)10-2-4-12-14(6-10)22(28)32-20(12)26/h1-6,15,17-22H,7-8H2. The van der Waals surface area contributed by atoms with Crippen molar-refractivity contribution < 1.29 is 50.9 Å². The number of halogens is 1. The topological polar surface area (TPSA) is 202 Å². The van der Waals surface area contributed by atoms with Gasteiger partial charge in [-0.1, -0.05) is 0 Å². The van der Waals surface area contributed by atoms with Crippen LogP contribution in [-0.4, -0.2) is 13.2 Å². The van der Waals surface area contributed by atoms with Crippen LogP contribution < -0.4 is 31.4 Å². The third-order valence-electron chi connectivity index (χ3n) is 4.88. The van der Waals surface area contributed by atoms with Crippen molar-refractivity contribution in [1.29, 1.82) is 0 Å². The van der Waals surface area contributed by atoms with E-state index < -0.39 is 51.2 Å². The molecule has 0 spiro atoms. The third kappa shape index (κ3) is 4.23. The molecule has 174 valence electrons. The Labute approximate surface area is 185 Å². The zero-order valence-corrected chi connectivity index (χ0v) is 18.1. The summed E-state index contributed by atoms with van der Waals surface area (Å²) in [5.74, 6) is 0. The van der Waals surface area contributed by atoms with E-state index in [0.29, 0.717) is 4.43 Å². The van der Waals surface area contributed by atoms with Gasteiger partial charge in [0.25, 0.3) is 0 Å². The Kier molecular flexibility index (Phi) is 6.08. The predicted molar refractivity (Wildman–Crippen MR) is 109 cm³/mol. The monoisotopic (exact) mass is 568 g/mol. The number of nitrogens with one attached hydrogen (secondary N) is 6. The molecule has 32 heavy (non-hydrogen) atoms. The van der Waals surface area contributed by atoms with Crippen LogP contribution in [0, 0.1) is 31.2 Å². The molecule has 0 aromatic heterocycles. The molecule has 3 heterocycles. The molecule has 0 bridgehead atoms. The van der Waals surface area contributed by atoms with E-state index >= 15 is 0 Å². The van der Waals surface area contributed by atoms with Gasteiger partial charge in [0.05, 0.1) is 0 Å². The number of benzene rings is 2. The molecule has 2 aromatic carbocycles. The summed E-state index contributed by atoms with van der Waals surface area (Å²) in [6.07, 6.45) is 0. The van der Waals surface area contributed by atoms with E-state index in [1.807, 2.05) is 0 Å². The van der Waals surface area contributed by atoms with Crippen molar-refractivity contribution in [3.05, 3.63) is 67.6 Å². The van der Waals surface area contributed by atoms with Crippen molar-refractivity contribution in [3.8, 4) is 0 Å². The first-order valence-corrected chi connectivity index (χ1v) is 13.4. The first-order valence-electron chi connectivity index (χ1n) is 9.11. The van der Waals surface area contributed by atoms with Gasteiger partial charge in [-0.05, 0) is 0 Å². The van der Waals surface area contributed by atoms with Crippen LogP contribution in [0.1, 0.15) is 0 Å². The van der Waals surface area contributed by atoms with Crippen molar-refractivity contribution in [2.24, 2.45) is 0 Å². The summed E-state index contributed by atoms with van der Waals surface area (Å²) in [5, 5.41) is 66.3. The molecular weight excluding hydrogens is 551 g/mol. The summed E-state index contributed by atoms with van der Waals surface area (Å²) in [4.78, 5) is 19.7. The Morgan fingerprint density at radius 1 is 0.812 bits per heavy atom. The zero-order valence-electron chi connectivity index (χ0n) is 15.9. The molecule has 0 saturated carbocycles. The summed E-state index contributed by atoms with van der Waals surface area (Å²) in [6, 6.07) is 7.94. The van der Waals surface area contributed by atoms with E-state index in [0.717, 1.165) is 0 Å². The molecule has 0 amide bonds. The number of fused-ring (bicyclic) bond motifs is 2. The normalized spacial score (nSPS) is 31.3. The number of alkyl halides is 3. The quantitative estimate of drug-likeness (QED) is 0.0812. The molecule has 17 heteroatoms. The molecule has 6 N–H and O–H groups in total. The van der Waals surface area contributed by atoms with Gasteiger partial charge in [0.15, 0.2) is 0 Å². The van der Waals surface area contributed by atoms with Gasteiger partial charge in [-0.2, -0.15) is 0 Å². The first-order chi connectivity index (χ1) is 15.3. The summed E-state index contributed by atoms with van der Waals surface area (Å²) in [6.45, 7) is 0. The second-order valence-electron chi connectivity index (χ2n) is 6.88. The Morgan fingerprint density at radius 2 is 1.31 bits per heavy atom. The van der Waals surface area contributed by atoms with E-state index in [9.17, 15) is 31.2 Å². The summed E-state index contributed by atoms with van der Waals surface area (Å²) >= 11 is -1.84. The van der Waals surface area contributed by atoms with Crippen LogP contribution in [0.3, 0.4) is 0 Å². The Morgan fingerprint density at radius 3 is 1.88 bits per heavy atom. The minimum atomic E-state index is -1.84. The summed E-state index contributed by atoms with van der Waals surface area (Å²) in [5.41, 5.74) is 0.463. The van der Waals surface area contributed by atoms with Gasteiger partial charge in [0.1, 0.15) is 0 Å². The van der Waals surface area contributed by atoms with Gasteiger partial charge in [-0.25, -0.2) is 0 Å². The Hall–Kier alpha value is -1.47. The van der Waals surface area contributed by atoms with Crippen molar-refractivity contribution >= 4 is 53.9 Å². The molecule has 3 aliphatic rings. The van der Waals surface area contributed by atoms with Crippen molar-refractivity contribution in [2.45, 2.75) is 4.11 Å². The van der Waals surface area contributed by atoms with Gasteiger partial charge < -0.3 is 0 Å². The third-order valence-corrected chi connectivity index (χ3v) is 9.45. The van der Waals surface area contributed by atoms with Crippen LogP contribution in [0.5, 0.6) is 0 Å². The van der Waals surface area contributed by atoms with E-state index in [1.165, 1.54) is 36.4 Å². The second kappa shape index (κ2) is 8.71. The van der Waals surface area contributed by atoms with Crippen LogP contribution in [0.15, 0.2) is 36.4 Å². The first kappa shape index (κ1) is 22.3. The van der Waals surface area contributed by atoms with Crippen LogP contribution in [-0.2, 0) is 19.6 Å². The molecule has 5 rings (SSSR count). The van der Waals surface area contributed by atoms with Gasteiger partial charge >= 0.3 is 186 Å². The molecule has 16 nitrogen and oxygen atoms in total. The Bertz CT molecular complexity index is 1020. The maximum absolute atomic E-state index is 12.3. The summed E-state index contributed by atoms with van der Waals surface area (Å²) < 4.78 is 0.472.